The summed E-state index contributed by atoms with van der Waals surface area (Å²) in [5, 5.41) is 10.5. The first-order chi connectivity index (χ1) is 19.0. The minimum Gasteiger partial charge on any atom is -0.391 e. The maximum Gasteiger partial charge on any atom is 0.416 e. The van der Waals surface area contributed by atoms with Gasteiger partial charge in [0.25, 0.3) is 0 Å². The average molecular weight is 600 g/mol. The highest BCUT2D eigenvalue weighted by atomic mass is 35.5. The zero-order chi connectivity index (χ0) is 30.3. The molecule has 0 bridgehead atoms. The fourth-order valence-electron chi connectivity index (χ4n) is 4.90. The van der Waals surface area contributed by atoms with E-state index in [1.54, 1.807) is 30.3 Å². The number of hydrogen-bond donors (Lipinski definition) is 1. The van der Waals surface area contributed by atoms with Crippen molar-refractivity contribution in [1.29, 1.82) is 0 Å². The molecule has 1 N–H and O–H groups in total. The van der Waals surface area contributed by atoms with Crippen LogP contribution in [0.2, 0.25) is 5.02 Å². The Bertz CT molecular complexity index is 1410. The third-order valence-electron chi connectivity index (χ3n) is 7.26. The van der Waals surface area contributed by atoms with Crippen molar-refractivity contribution in [2.24, 2.45) is 0 Å². The van der Waals surface area contributed by atoms with Crippen LogP contribution in [-0.4, -0.2) is 42.2 Å². The monoisotopic (exact) mass is 599 g/mol. The number of carbonyl (C=O) groups excluding carboxylic acids is 1. The van der Waals surface area contributed by atoms with Crippen molar-refractivity contribution in [2.75, 3.05) is 29.9 Å². The second kappa shape index (κ2) is 11.2. The molecule has 4 rings (SSSR count). The van der Waals surface area contributed by atoms with Gasteiger partial charge < -0.3 is 14.9 Å². The summed E-state index contributed by atoms with van der Waals surface area (Å²) in [5.74, 6) is -0.239. The summed E-state index contributed by atoms with van der Waals surface area (Å²) in [6.07, 6.45) is -7.83. The van der Waals surface area contributed by atoms with E-state index in [4.69, 9.17) is 11.6 Å². The maximum absolute atomic E-state index is 13.8. The number of benzene rings is 2. The minimum absolute atomic E-state index is 0.0312. The lowest BCUT2D eigenvalue weighted by Gasteiger charge is -2.34. The number of aliphatic hydroxyl groups is 1. The van der Waals surface area contributed by atoms with E-state index in [0.29, 0.717) is 53.6 Å². The Morgan fingerprint density at radius 3 is 2.12 bits per heavy atom. The number of halogens is 7. The molecule has 0 radical (unpaired) electrons. The number of alkyl halides is 6. The van der Waals surface area contributed by atoms with Crippen LogP contribution in [0.15, 0.2) is 54.7 Å². The van der Waals surface area contributed by atoms with Gasteiger partial charge in [-0.3, -0.25) is 4.79 Å². The Kier molecular flexibility index (Phi) is 8.35. The molecule has 1 fully saturated rings. The summed E-state index contributed by atoms with van der Waals surface area (Å²) in [5.41, 5.74) is -3.98. The zero-order valence-electron chi connectivity index (χ0n) is 22.4. The number of rotatable bonds is 5. The van der Waals surface area contributed by atoms with Crippen LogP contribution in [0.5, 0.6) is 0 Å². The quantitative estimate of drug-likeness (QED) is 0.312. The molecule has 220 valence electrons. The van der Waals surface area contributed by atoms with Crippen molar-refractivity contribution in [3.8, 4) is 11.1 Å². The molecule has 1 saturated heterocycles. The van der Waals surface area contributed by atoms with E-state index in [1.165, 1.54) is 27.1 Å². The van der Waals surface area contributed by atoms with Gasteiger partial charge in [0.15, 0.2) is 0 Å². The Labute approximate surface area is 238 Å². The van der Waals surface area contributed by atoms with E-state index in [9.17, 15) is 36.2 Å². The van der Waals surface area contributed by atoms with Gasteiger partial charge in [0.1, 0.15) is 5.82 Å². The largest absolute Gasteiger partial charge is 0.416 e. The van der Waals surface area contributed by atoms with E-state index in [-0.39, 0.29) is 11.8 Å². The van der Waals surface area contributed by atoms with E-state index in [2.05, 4.69) is 4.98 Å². The van der Waals surface area contributed by atoms with Gasteiger partial charge in [0.05, 0.1) is 34.5 Å². The maximum atomic E-state index is 13.8. The van der Waals surface area contributed by atoms with Crippen LogP contribution >= 0.6 is 11.6 Å². The predicted octanol–water partition coefficient (Wildman–Crippen LogP) is 7.34. The molecule has 1 aromatic heterocycles. The Hall–Kier alpha value is -3.31. The van der Waals surface area contributed by atoms with Crippen LogP contribution in [0.1, 0.15) is 43.4 Å². The van der Waals surface area contributed by atoms with E-state index in [1.807, 2.05) is 4.90 Å². The molecule has 1 unspecified atom stereocenters. The number of amides is 1. The zero-order valence-corrected chi connectivity index (χ0v) is 23.2. The number of anilines is 2. The summed E-state index contributed by atoms with van der Waals surface area (Å²) in [4.78, 5) is 21.4. The first-order valence-corrected chi connectivity index (χ1v) is 13.1. The van der Waals surface area contributed by atoms with Crippen LogP contribution in [0.25, 0.3) is 11.1 Å². The van der Waals surface area contributed by atoms with Crippen LogP contribution < -0.4 is 9.80 Å². The second-order valence-electron chi connectivity index (χ2n) is 10.6. The molecule has 12 heteroatoms. The molecule has 1 aliphatic heterocycles. The Balaban J connectivity index is 1.80. The van der Waals surface area contributed by atoms with Gasteiger partial charge in [-0.25, -0.2) is 4.98 Å². The number of aromatic nitrogens is 1. The van der Waals surface area contributed by atoms with Crippen molar-refractivity contribution in [1.82, 2.24) is 4.98 Å². The summed E-state index contributed by atoms with van der Waals surface area (Å²) >= 11 is 6.49. The SMILES string of the molecule is CN(C(=O)C(C)(C)c1cc(C(F)(F)F)cc(C(F)(F)F)c1)c1cnc(N2CCCC(O)C2)cc1-c1ccccc1Cl. The predicted molar refractivity (Wildman–Crippen MR) is 145 cm³/mol. The average Bonchev–Trinajstić information content (AvgIpc) is 2.91. The number of hydrogen-bond acceptors (Lipinski definition) is 4. The first-order valence-electron chi connectivity index (χ1n) is 12.8. The highest BCUT2D eigenvalue weighted by Crippen LogP contribution is 2.42. The molecule has 5 nitrogen and oxygen atoms in total. The number of likely N-dealkylation sites (N-methyl/N-ethyl adjacent to an activating group) is 1. The molecule has 41 heavy (non-hydrogen) atoms. The van der Waals surface area contributed by atoms with E-state index >= 15 is 0 Å². The van der Waals surface area contributed by atoms with Crippen molar-refractivity contribution < 1.29 is 36.2 Å². The first kappa shape index (κ1) is 30.6. The highest BCUT2D eigenvalue weighted by Gasteiger charge is 2.41. The molecule has 0 saturated carbocycles. The normalized spacial score (nSPS) is 16.6. The van der Waals surface area contributed by atoms with Crippen LogP contribution in [-0.2, 0) is 22.6 Å². The van der Waals surface area contributed by atoms with E-state index < -0.39 is 46.5 Å². The number of β-amino-alcohol motifs (C(OH)–C–C–N with tert-alkyl or cyclic N) is 1. The standard InChI is InChI=1S/C29H28ClF6N3O2/c1-27(2,17-11-18(28(31,32)33)13-19(12-17)29(34,35)36)26(41)38(3)24-15-37-25(39-10-6-7-20(40)16-39)14-22(24)21-8-4-5-9-23(21)30/h4-5,8-9,11-15,20,40H,6-7,10,16H2,1-3H3. The molecule has 3 aromatic rings. The second-order valence-corrected chi connectivity index (χ2v) is 11.0. The summed E-state index contributed by atoms with van der Waals surface area (Å²) in [6, 6.07) is 9.71. The van der Waals surface area contributed by atoms with Gasteiger partial charge in [-0.1, -0.05) is 29.8 Å². The van der Waals surface area contributed by atoms with Gasteiger partial charge >= 0.3 is 12.4 Å². The third kappa shape index (κ3) is 6.46. The van der Waals surface area contributed by atoms with Gasteiger partial charge in [0.2, 0.25) is 5.91 Å². The van der Waals surface area contributed by atoms with Crippen molar-refractivity contribution >= 4 is 29.0 Å². The van der Waals surface area contributed by atoms with Crippen LogP contribution in [0.4, 0.5) is 37.8 Å². The molecule has 0 aliphatic carbocycles. The molecule has 2 aromatic carbocycles. The van der Waals surface area contributed by atoms with Crippen LogP contribution in [0, 0.1) is 0 Å². The lowest BCUT2D eigenvalue weighted by atomic mass is 9.81. The van der Waals surface area contributed by atoms with Gasteiger partial charge in [-0.2, -0.15) is 26.3 Å². The van der Waals surface area contributed by atoms with E-state index in [0.717, 1.165) is 11.3 Å². The highest BCUT2D eigenvalue weighted by molar-refractivity contribution is 6.33. The number of carbonyl (C=O) groups is 1. The number of nitrogens with zero attached hydrogens (tertiary/aromatic N) is 3. The topological polar surface area (TPSA) is 56.7 Å². The molecular formula is C29H28ClF6N3O2. The lowest BCUT2D eigenvalue weighted by Crippen LogP contribution is -2.42. The number of pyridine rings is 1. The summed E-state index contributed by atoms with van der Waals surface area (Å²) in [6.45, 7) is 3.54. The van der Waals surface area contributed by atoms with Gasteiger partial charge in [-0.05, 0) is 62.6 Å². The fraction of sp³-hybridized carbons (Fsp3) is 0.379. The molecule has 1 aliphatic rings. The minimum atomic E-state index is -5.06. The molecule has 1 atom stereocenters. The third-order valence-corrected chi connectivity index (χ3v) is 7.59. The van der Waals surface area contributed by atoms with Crippen molar-refractivity contribution in [2.45, 2.75) is 50.6 Å². The van der Waals surface area contributed by atoms with Gasteiger partial charge in [0, 0.05) is 36.3 Å². The van der Waals surface area contributed by atoms with Crippen molar-refractivity contribution in [3.05, 3.63) is 76.4 Å². The van der Waals surface area contributed by atoms with Crippen LogP contribution in [0.3, 0.4) is 0 Å². The number of aliphatic hydroxyl groups excluding tert-OH is 1. The number of piperidine rings is 1. The molecule has 0 spiro atoms. The van der Waals surface area contributed by atoms with Gasteiger partial charge in [-0.15, -0.1) is 0 Å². The molecule has 2 heterocycles. The smallest absolute Gasteiger partial charge is 0.391 e. The summed E-state index contributed by atoms with van der Waals surface area (Å²) < 4.78 is 81.2. The molecule has 1 amide bonds. The summed E-state index contributed by atoms with van der Waals surface area (Å²) in [7, 11) is 1.38. The Morgan fingerprint density at radius 2 is 1.56 bits per heavy atom. The lowest BCUT2D eigenvalue weighted by molar-refractivity contribution is -0.143. The molecular weight excluding hydrogens is 572 g/mol. The van der Waals surface area contributed by atoms with Crippen molar-refractivity contribution in [3.63, 3.8) is 0 Å². The Morgan fingerprint density at radius 1 is 0.976 bits per heavy atom. The fourth-order valence-corrected chi connectivity index (χ4v) is 5.14.